The fraction of sp³-hybridized carbons (Fsp3) is 0. The van der Waals surface area contributed by atoms with Gasteiger partial charge < -0.3 is 0 Å². The third-order valence-corrected chi connectivity index (χ3v) is 3.59. The van der Waals surface area contributed by atoms with Gasteiger partial charge in [-0.1, -0.05) is 31.9 Å². The van der Waals surface area contributed by atoms with Gasteiger partial charge in [-0.25, -0.2) is 0 Å². The molecule has 0 heterocycles. The summed E-state index contributed by atoms with van der Waals surface area (Å²) in [4.78, 5) is 21.1. The number of nitro benzene ring substituents is 2. The molecule has 0 unspecified atom stereocenters. The lowest BCUT2D eigenvalue weighted by atomic mass is 10.0. The first-order valence-electron chi connectivity index (χ1n) is 5.28. The summed E-state index contributed by atoms with van der Waals surface area (Å²) >= 11 is 6.30. The van der Waals surface area contributed by atoms with Crippen LogP contribution in [0, 0.1) is 20.2 Å². The van der Waals surface area contributed by atoms with Crippen LogP contribution in [0.4, 0.5) is 11.4 Å². The first-order valence-corrected chi connectivity index (χ1v) is 6.87. The van der Waals surface area contributed by atoms with Gasteiger partial charge in [0.2, 0.25) is 0 Å². The second-order valence-electron chi connectivity index (χ2n) is 3.84. The summed E-state index contributed by atoms with van der Waals surface area (Å²) < 4.78 is 1.07. The Morgan fingerprint density at radius 1 is 0.750 bits per heavy atom. The zero-order valence-corrected chi connectivity index (χ0v) is 12.9. The standard InChI is InChI=1S/C12H6Br2N2O4/c13-7-1-3-9(11(5-7)15(17)18)10-4-2-8(14)6-12(10)16(19)20/h1-6H. The van der Waals surface area contributed by atoms with Crippen LogP contribution >= 0.6 is 31.9 Å². The maximum absolute atomic E-state index is 11.1. The Hall–Kier alpha value is -1.80. The predicted molar refractivity (Wildman–Crippen MR) is 80.6 cm³/mol. The van der Waals surface area contributed by atoms with Gasteiger partial charge in [0.15, 0.2) is 0 Å². The van der Waals surface area contributed by atoms with Crippen molar-refractivity contribution in [3.63, 3.8) is 0 Å². The van der Waals surface area contributed by atoms with Gasteiger partial charge in [-0.15, -0.1) is 0 Å². The Labute approximate surface area is 130 Å². The van der Waals surface area contributed by atoms with Crippen molar-refractivity contribution in [3.05, 3.63) is 65.6 Å². The number of benzene rings is 2. The monoisotopic (exact) mass is 400 g/mol. The third-order valence-electron chi connectivity index (χ3n) is 2.60. The zero-order valence-electron chi connectivity index (χ0n) is 9.75. The van der Waals surface area contributed by atoms with Crippen LogP contribution in [-0.2, 0) is 0 Å². The molecule has 0 N–H and O–H groups in total. The highest BCUT2D eigenvalue weighted by atomic mass is 79.9. The first-order chi connectivity index (χ1) is 9.40. The Morgan fingerprint density at radius 3 is 1.40 bits per heavy atom. The summed E-state index contributed by atoms with van der Waals surface area (Å²) in [5.74, 6) is 0. The largest absolute Gasteiger partial charge is 0.278 e. The SMILES string of the molecule is O=[N+]([O-])c1cc(Br)ccc1-c1ccc(Br)cc1[N+](=O)[O-]. The molecule has 20 heavy (non-hydrogen) atoms. The van der Waals surface area contributed by atoms with E-state index in [1.807, 2.05) is 0 Å². The number of nitrogens with zero attached hydrogens (tertiary/aromatic N) is 2. The Bertz CT molecular complexity index is 657. The fourth-order valence-electron chi connectivity index (χ4n) is 1.77. The van der Waals surface area contributed by atoms with E-state index in [2.05, 4.69) is 31.9 Å². The Kier molecular flexibility index (Phi) is 4.15. The summed E-state index contributed by atoms with van der Waals surface area (Å²) in [5, 5.41) is 22.2. The molecule has 8 heteroatoms. The van der Waals surface area contributed by atoms with Crippen molar-refractivity contribution in [2.24, 2.45) is 0 Å². The molecule has 2 aromatic rings. The van der Waals surface area contributed by atoms with E-state index >= 15 is 0 Å². The highest BCUT2D eigenvalue weighted by Crippen LogP contribution is 2.38. The van der Waals surface area contributed by atoms with E-state index in [-0.39, 0.29) is 22.5 Å². The Balaban J connectivity index is 2.75. The summed E-state index contributed by atoms with van der Waals surface area (Å²) in [6.45, 7) is 0. The van der Waals surface area contributed by atoms with Crippen molar-refractivity contribution in [1.82, 2.24) is 0 Å². The van der Waals surface area contributed by atoms with E-state index in [0.29, 0.717) is 8.95 Å². The molecule has 6 nitrogen and oxygen atoms in total. The summed E-state index contributed by atoms with van der Waals surface area (Å²) in [7, 11) is 0. The topological polar surface area (TPSA) is 86.3 Å². The van der Waals surface area contributed by atoms with Gasteiger partial charge >= 0.3 is 0 Å². The van der Waals surface area contributed by atoms with Crippen LogP contribution in [0.2, 0.25) is 0 Å². The van der Waals surface area contributed by atoms with E-state index in [0.717, 1.165) is 0 Å². The van der Waals surface area contributed by atoms with Crippen LogP contribution < -0.4 is 0 Å². The number of hydrogen-bond donors (Lipinski definition) is 0. The molecule has 0 aliphatic carbocycles. The number of hydrogen-bond acceptors (Lipinski definition) is 4. The lowest BCUT2D eigenvalue weighted by Gasteiger charge is -2.05. The van der Waals surface area contributed by atoms with Crippen LogP contribution in [0.15, 0.2) is 45.3 Å². The van der Waals surface area contributed by atoms with E-state index in [4.69, 9.17) is 0 Å². The van der Waals surface area contributed by atoms with Crippen molar-refractivity contribution in [2.45, 2.75) is 0 Å². The highest BCUT2D eigenvalue weighted by molar-refractivity contribution is 9.10. The molecule has 0 aromatic heterocycles. The van der Waals surface area contributed by atoms with E-state index in [1.165, 1.54) is 24.3 Å². The predicted octanol–water partition coefficient (Wildman–Crippen LogP) is 4.70. The van der Waals surface area contributed by atoms with E-state index < -0.39 is 9.85 Å². The van der Waals surface area contributed by atoms with Crippen LogP contribution in [0.3, 0.4) is 0 Å². The normalized spacial score (nSPS) is 10.3. The molecule has 0 amide bonds. The van der Waals surface area contributed by atoms with Gasteiger partial charge in [0.25, 0.3) is 11.4 Å². The average molecular weight is 402 g/mol. The van der Waals surface area contributed by atoms with Crippen molar-refractivity contribution < 1.29 is 9.85 Å². The van der Waals surface area contributed by atoms with Crippen molar-refractivity contribution in [3.8, 4) is 11.1 Å². The van der Waals surface area contributed by atoms with Crippen molar-refractivity contribution in [2.75, 3.05) is 0 Å². The summed E-state index contributed by atoms with van der Waals surface area (Å²) in [5.41, 5.74) is 0.0318. The molecule has 0 atom stereocenters. The van der Waals surface area contributed by atoms with Crippen molar-refractivity contribution in [1.29, 1.82) is 0 Å². The summed E-state index contributed by atoms with van der Waals surface area (Å²) in [6.07, 6.45) is 0. The minimum absolute atomic E-state index is 0.190. The molecule has 0 saturated heterocycles. The third kappa shape index (κ3) is 2.86. The van der Waals surface area contributed by atoms with Gasteiger partial charge in [-0.05, 0) is 24.3 Å². The van der Waals surface area contributed by atoms with Gasteiger partial charge in [0.1, 0.15) is 0 Å². The molecule has 0 radical (unpaired) electrons. The molecular weight excluding hydrogens is 396 g/mol. The molecule has 102 valence electrons. The van der Waals surface area contributed by atoms with Crippen LogP contribution in [0.5, 0.6) is 0 Å². The van der Waals surface area contributed by atoms with Crippen LogP contribution in [0.25, 0.3) is 11.1 Å². The zero-order chi connectivity index (χ0) is 14.9. The first kappa shape index (κ1) is 14.6. The minimum atomic E-state index is -0.564. The average Bonchev–Trinajstić information content (AvgIpc) is 2.38. The number of rotatable bonds is 3. The lowest BCUT2D eigenvalue weighted by Crippen LogP contribution is -1.96. The van der Waals surface area contributed by atoms with Gasteiger partial charge in [0, 0.05) is 21.1 Å². The van der Waals surface area contributed by atoms with Gasteiger partial charge in [-0.3, -0.25) is 20.2 Å². The Morgan fingerprint density at radius 2 is 1.10 bits per heavy atom. The second kappa shape index (κ2) is 5.68. The maximum Gasteiger partial charge on any atom is 0.278 e. The van der Waals surface area contributed by atoms with Crippen molar-refractivity contribution >= 4 is 43.2 Å². The number of nitro groups is 2. The molecule has 2 rings (SSSR count). The molecular formula is C12H6Br2N2O4. The smallest absolute Gasteiger partial charge is 0.258 e. The van der Waals surface area contributed by atoms with Gasteiger partial charge in [-0.2, -0.15) is 0 Å². The molecule has 2 aromatic carbocycles. The molecule has 0 bridgehead atoms. The quantitative estimate of drug-likeness (QED) is 0.551. The molecule has 0 aliphatic rings. The molecule has 0 aliphatic heterocycles. The van der Waals surface area contributed by atoms with Gasteiger partial charge in [0.05, 0.1) is 21.0 Å². The van der Waals surface area contributed by atoms with E-state index in [9.17, 15) is 20.2 Å². The lowest BCUT2D eigenvalue weighted by molar-refractivity contribution is -0.386. The van der Waals surface area contributed by atoms with Crippen LogP contribution in [-0.4, -0.2) is 9.85 Å². The molecule has 0 spiro atoms. The molecule has 0 saturated carbocycles. The maximum atomic E-state index is 11.1. The van der Waals surface area contributed by atoms with E-state index in [1.54, 1.807) is 12.1 Å². The van der Waals surface area contributed by atoms with Crippen LogP contribution in [0.1, 0.15) is 0 Å². The highest BCUT2D eigenvalue weighted by Gasteiger charge is 2.23. The summed E-state index contributed by atoms with van der Waals surface area (Å²) in [6, 6.07) is 8.82. The second-order valence-corrected chi connectivity index (χ2v) is 5.67. The number of halogens is 2. The minimum Gasteiger partial charge on any atom is -0.258 e. The fourth-order valence-corrected chi connectivity index (χ4v) is 2.47. The molecule has 0 fully saturated rings.